The lowest BCUT2D eigenvalue weighted by atomic mass is 9.89. The molecule has 2 aromatic heterocycles. The fourth-order valence-corrected chi connectivity index (χ4v) is 6.10. The van der Waals surface area contributed by atoms with E-state index >= 15 is 0 Å². The Bertz CT molecular complexity index is 1890. The highest BCUT2D eigenvalue weighted by Gasteiger charge is 2.25. The average Bonchev–Trinajstić information content (AvgIpc) is 3.65. The summed E-state index contributed by atoms with van der Waals surface area (Å²) in [6.45, 7) is 9.53. The number of benzene rings is 3. The molecular formula is C40H49F2N5O3. The maximum absolute atomic E-state index is 14.1. The van der Waals surface area contributed by atoms with Crippen molar-refractivity contribution in [2.24, 2.45) is 5.41 Å². The summed E-state index contributed by atoms with van der Waals surface area (Å²) in [5.74, 6) is -1.98. The van der Waals surface area contributed by atoms with Crippen LogP contribution in [0.4, 0.5) is 14.6 Å². The Balaban J connectivity index is 1.17. The quantitative estimate of drug-likeness (QED) is 0.0728. The summed E-state index contributed by atoms with van der Waals surface area (Å²) in [4.78, 5) is 18.6. The van der Waals surface area contributed by atoms with Crippen LogP contribution in [0, 0.1) is 24.0 Å². The van der Waals surface area contributed by atoms with Gasteiger partial charge in [0, 0.05) is 6.61 Å². The van der Waals surface area contributed by atoms with Gasteiger partial charge in [-0.1, -0.05) is 90.3 Å². The molecule has 0 atom stereocenters. The Morgan fingerprint density at radius 3 is 2.30 bits per heavy atom. The predicted octanol–water partition coefficient (Wildman–Crippen LogP) is 10.3. The number of para-hydroxylation sites is 2. The fraction of sp³-hybridized carbons (Fsp3) is 0.425. The number of anilines is 1. The highest BCUT2D eigenvalue weighted by atomic mass is 19.2. The van der Waals surface area contributed by atoms with Gasteiger partial charge in [-0.15, -0.1) is 0 Å². The number of carbonyl (C=O) groups excluding carboxylic acids is 1. The fourth-order valence-electron chi connectivity index (χ4n) is 6.10. The molecule has 266 valence electrons. The number of aromatic nitrogens is 4. The Kier molecular flexibility index (Phi) is 12.4. The number of unbranched alkanes of at least 4 members (excludes halogenated alkanes) is 8. The molecule has 0 amide bonds. The first-order valence-electron chi connectivity index (χ1n) is 17.7. The van der Waals surface area contributed by atoms with Crippen molar-refractivity contribution in [2.75, 3.05) is 12.3 Å². The van der Waals surface area contributed by atoms with E-state index in [9.17, 15) is 13.6 Å². The van der Waals surface area contributed by atoms with Gasteiger partial charge in [0.25, 0.3) is 0 Å². The second kappa shape index (κ2) is 16.9. The SMILES string of the molecule is Cc1cc(Oc2cccc(F)c2F)ccc1-n1ncc(C(=O)c2nc3ccccc3n2COCCCCCCCCCCCC(C)(C)C)c1N. The summed E-state index contributed by atoms with van der Waals surface area (Å²) in [7, 11) is 0. The number of ketones is 1. The number of aryl methyl sites for hydroxylation is 1. The predicted molar refractivity (Wildman–Crippen MR) is 194 cm³/mol. The Hall–Kier alpha value is -4.57. The topological polar surface area (TPSA) is 97.2 Å². The van der Waals surface area contributed by atoms with E-state index in [0.29, 0.717) is 34.5 Å². The number of nitrogens with zero attached hydrogens (tertiary/aromatic N) is 4. The van der Waals surface area contributed by atoms with Crippen LogP contribution >= 0.6 is 0 Å². The van der Waals surface area contributed by atoms with Crippen LogP contribution in [0.5, 0.6) is 11.5 Å². The van der Waals surface area contributed by atoms with Crippen molar-refractivity contribution >= 4 is 22.6 Å². The van der Waals surface area contributed by atoms with Crippen molar-refractivity contribution in [1.29, 1.82) is 0 Å². The standard InChI is InChI=1S/C40H49F2N5O3/c1-28-25-29(50-35-20-16-17-31(41)36(35)42)21-22-33(28)47-38(43)30(26-44-47)37(48)39-45-32-18-12-13-19-34(32)46(39)27-49-24-15-11-9-7-5-6-8-10-14-23-40(2,3)4/h12-13,16-22,25-26H,5-11,14-15,23-24,27,43H2,1-4H3. The molecule has 0 bridgehead atoms. The Labute approximate surface area is 293 Å². The monoisotopic (exact) mass is 685 g/mol. The molecule has 5 aromatic rings. The first kappa shape index (κ1) is 36.7. The lowest BCUT2D eigenvalue weighted by Crippen LogP contribution is -2.15. The second-order valence-electron chi connectivity index (χ2n) is 14.2. The molecule has 50 heavy (non-hydrogen) atoms. The van der Waals surface area contributed by atoms with E-state index in [1.54, 1.807) is 29.7 Å². The van der Waals surface area contributed by atoms with Crippen molar-refractivity contribution in [3.05, 3.63) is 95.4 Å². The number of halogens is 2. The lowest BCUT2D eigenvalue weighted by Gasteiger charge is -2.17. The number of imidazole rings is 1. The molecule has 10 heteroatoms. The number of hydrogen-bond donors (Lipinski definition) is 1. The summed E-state index contributed by atoms with van der Waals surface area (Å²) in [6.07, 6.45) is 13.9. The minimum Gasteiger partial charge on any atom is -0.454 e. The zero-order valence-corrected chi connectivity index (χ0v) is 29.7. The molecule has 0 radical (unpaired) electrons. The third-order valence-corrected chi connectivity index (χ3v) is 8.88. The molecule has 0 aliphatic rings. The third-order valence-electron chi connectivity index (χ3n) is 8.88. The van der Waals surface area contributed by atoms with E-state index in [4.69, 9.17) is 15.2 Å². The summed E-state index contributed by atoms with van der Waals surface area (Å²) in [6, 6.07) is 16.3. The lowest BCUT2D eigenvalue weighted by molar-refractivity contribution is 0.0725. The molecule has 0 unspecified atom stereocenters. The van der Waals surface area contributed by atoms with Crippen molar-refractivity contribution in [1.82, 2.24) is 19.3 Å². The normalized spacial score (nSPS) is 11.8. The maximum Gasteiger partial charge on any atom is 0.233 e. The van der Waals surface area contributed by atoms with Gasteiger partial charge in [0.15, 0.2) is 17.4 Å². The number of ether oxygens (including phenoxy) is 2. The molecule has 0 saturated carbocycles. The van der Waals surface area contributed by atoms with E-state index in [1.807, 2.05) is 24.3 Å². The number of fused-ring (bicyclic) bond motifs is 1. The molecule has 2 N–H and O–H groups in total. The van der Waals surface area contributed by atoms with Crippen molar-refractivity contribution in [2.45, 2.75) is 98.6 Å². The molecule has 3 aromatic carbocycles. The molecule has 0 aliphatic heterocycles. The minimum atomic E-state index is -1.07. The molecule has 2 heterocycles. The van der Waals surface area contributed by atoms with Gasteiger partial charge < -0.3 is 15.2 Å². The molecule has 0 spiro atoms. The first-order valence-corrected chi connectivity index (χ1v) is 17.7. The first-order chi connectivity index (χ1) is 24.0. The van der Waals surface area contributed by atoms with Crippen LogP contribution in [0.2, 0.25) is 0 Å². The number of carbonyl (C=O) groups is 1. The van der Waals surface area contributed by atoms with Crippen LogP contribution < -0.4 is 10.5 Å². The van der Waals surface area contributed by atoms with Crippen LogP contribution in [0.3, 0.4) is 0 Å². The maximum atomic E-state index is 14.1. The van der Waals surface area contributed by atoms with Crippen LogP contribution in [0.25, 0.3) is 16.7 Å². The van der Waals surface area contributed by atoms with Gasteiger partial charge in [0.1, 0.15) is 18.3 Å². The third kappa shape index (κ3) is 9.35. The number of nitrogens with two attached hydrogens (primary N) is 1. The summed E-state index contributed by atoms with van der Waals surface area (Å²) in [5, 5.41) is 4.41. The molecular weight excluding hydrogens is 636 g/mol. The highest BCUT2D eigenvalue weighted by Crippen LogP contribution is 2.30. The molecule has 0 fully saturated rings. The smallest absolute Gasteiger partial charge is 0.233 e. The summed E-state index contributed by atoms with van der Waals surface area (Å²) < 4.78 is 42.7. The second-order valence-corrected chi connectivity index (χ2v) is 14.2. The Morgan fingerprint density at radius 2 is 1.58 bits per heavy atom. The molecule has 0 aliphatic carbocycles. The van der Waals surface area contributed by atoms with Gasteiger partial charge in [-0.3, -0.25) is 9.36 Å². The van der Waals surface area contributed by atoms with Crippen molar-refractivity contribution in [3.8, 4) is 17.2 Å². The van der Waals surface area contributed by atoms with Crippen LogP contribution in [-0.2, 0) is 11.5 Å². The van der Waals surface area contributed by atoms with Gasteiger partial charge >= 0.3 is 0 Å². The average molecular weight is 686 g/mol. The largest absolute Gasteiger partial charge is 0.454 e. The zero-order chi connectivity index (χ0) is 35.7. The van der Waals surface area contributed by atoms with E-state index in [2.05, 4.69) is 30.9 Å². The van der Waals surface area contributed by atoms with E-state index in [0.717, 1.165) is 24.4 Å². The summed E-state index contributed by atoms with van der Waals surface area (Å²) >= 11 is 0. The van der Waals surface area contributed by atoms with Gasteiger partial charge in [0.2, 0.25) is 11.6 Å². The number of rotatable bonds is 18. The van der Waals surface area contributed by atoms with E-state index in [1.165, 1.54) is 74.4 Å². The van der Waals surface area contributed by atoms with E-state index < -0.39 is 11.6 Å². The highest BCUT2D eigenvalue weighted by molar-refractivity contribution is 6.11. The van der Waals surface area contributed by atoms with Gasteiger partial charge in [-0.2, -0.15) is 9.49 Å². The van der Waals surface area contributed by atoms with Crippen molar-refractivity contribution < 1.29 is 23.0 Å². The van der Waals surface area contributed by atoms with Crippen LogP contribution in [0.15, 0.2) is 66.9 Å². The summed E-state index contributed by atoms with van der Waals surface area (Å²) in [5.41, 5.74) is 9.93. The van der Waals surface area contributed by atoms with E-state index in [-0.39, 0.29) is 35.5 Å². The van der Waals surface area contributed by atoms with Crippen LogP contribution in [-0.4, -0.2) is 31.7 Å². The molecule has 0 saturated heterocycles. The number of hydrogen-bond acceptors (Lipinski definition) is 6. The van der Waals surface area contributed by atoms with Gasteiger partial charge in [0.05, 0.1) is 28.5 Å². The van der Waals surface area contributed by atoms with Gasteiger partial charge in [-0.25, -0.2) is 14.1 Å². The molecule has 5 rings (SSSR count). The Morgan fingerprint density at radius 1 is 0.880 bits per heavy atom. The van der Waals surface area contributed by atoms with Crippen molar-refractivity contribution in [3.63, 3.8) is 0 Å². The molecule has 8 nitrogen and oxygen atoms in total. The van der Waals surface area contributed by atoms with Crippen LogP contribution in [0.1, 0.15) is 107 Å². The zero-order valence-electron chi connectivity index (χ0n) is 29.7. The minimum absolute atomic E-state index is 0.146. The number of nitrogen functional groups attached to an aromatic ring is 1. The van der Waals surface area contributed by atoms with Gasteiger partial charge in [-0.05, 0) is 73.2 Å².